The minimum absolute atomic E-state index is 0.316. The average molecular weight is 194 g/mol. The second-order valence-corrected chi connectivity index (χ2v) is 3.47. The molecule has 0 radical (unpaired) electrons. The molecule has 1 aromatic carbocycles. The quantitative estimate of drug-likeness (QED) is 0.726. The second kappa shape index (κ2) is 4.33. The van der Waals surface area contributed by atoms with E-state index in [0.29, 0.717) is 11.5 Å². The fraction of sp³-hybridized carbons (Fsp3) is 0.455. The van der Waals surface area contributed by atoms with Crippen molar-refractivity contribution in [2.45, 2.75) is 12.8 Å². The van der Waals surface area contributed by atoms with Gasteiger partial charge >= 0.3 is 0 Å². The minimum atomic E-state index is -0.316. The molecular formula is C11H14O3. The molecule has 1 aliphatic rings. The lowest BCUT2D eigenvalue weighted by molar-refractivity contribution is 0.0941. The van der Waals surface area contributed by atoms with Gasteiger partial charge in [-0.2, -0.15) is 0 Å². The number of para-hydroxylation sites is 2. The summed E-state index contributed by atoms with van der Waals surface area (Å²) in [5.41, 5.74) is 0. The molecule has 1 saturated carbocycles. The Morgan fingerprint density at radius 1 is 1.14 bits per heavy atom. The van der Waals surface area contributed by atoms with Crippen molar-refractivity contribution in [1.82, 2.24) is 0 Å². The minimum Gasteiger partial charge on any atom is -0.489 e. The Kier molecular flexibility index (Phi) is 2.89. The van der Waals surface area contributed by atoms with Gasteiger partial charge in [-0.25, -0.2) is 0 Å². The highest BCUT2D eigenvalue weighted by Gasteiger charge is 2.22. The smallest absolute Gasteiger partial charge is 0.186 e. The van der Waals surface area contributed by atoms with Crippen LogP contribution >= 0.6 is 0 Å². The van der Waals surface area contributed by atoms with E-state index in [2.05, 4.69) is 0 Å². The maximum Gasteiger partial charge on any atom is 0.186 e. The molecule has 14 heavy (non-hydrogen) atoms. The van der Waals surface area contributed by atoms with Gasteiger partial charge in [0.1, 0.15) is 0 Å². The summed E-state index contributed by atoms with van der Waals surface area (Å²) in [7, 11) is 0. The van der Waals surface area contributed by atoms with Crippen molar-refractivity contribution in [3.05, 3.63) is 24.3 Å². The molecule has 2 rings (SSSR count). The van der Waals surface area contributed by atoms with Gasteiger partial charge < -0.3 is 14.6 Å². The van der Waals surface area contributed by atoms with Crippen molar-refractivity contribution in [2.24, 2.45) is 5.92 Å². The van der Waals surface area contributed by atoms with Crippen LogP contribution in [-0.4, -0.2) is 18.5 Å². The van der Waals surface area contributed by atoms with Gasteiger partial charge in [0.25, 0.3) is 0 Å². The molecule has 0 heterocycles. The van der Waals surface area contributed by atoms with Crippen LogP contribution in [0.1, 0.15) is 12.8 Å². The monoisotopic (exact) mass is 194 g/mol. The van der Waals surface area contributed by atoms with Crippen molar-refractivity contribution in [3.63, 3.8) is 0 Å². The van der Waals surface area contributed by atoms with Gasteiger partial charge in [-0.1, -0.05) is 12.1 Å². The molecule has 1 aliphatic carbocycles. The summed E-state index contributed by atoms with van der Waals surface area (Å²) in [5.74, 6) is 2.04. The number of hydrogen-bond donors (Lipinski definition) is 1. The van der Waals surface area contributed by atoms with Crippen LogP contribution in [0, 0.1) is 5.92 Å². The fourth-order valence-corrected chi connectivity index (χ4v) is 1.25. The van der Waals surface area contributed by atoms with E-state index in [1.807, 2.05) is 18.2 Å². The molecule has 0 unspecified atom stereocenters. The summed E-state index contributed by atoms with van der Waals surface area (Å²) >= 11 is 0. The molecule has 1 aromatic rings. The van der Waals surface area contributed by atoms with E-state index >= 15 is 0 Å². The molecule has 3 nitrogen and oxygen atoms in total. The normalized spacial score (nSPS) is 15.2. The second-order valence-electron chi connectivity index (χ2n) is 3.47. The van der Waals surface area contributed by atoms with E-state index in [4.69, 9.17) is 14.6 Å². The molecule has 1 fully saturated rings. The molecule has 0 spiro atoms. The van der Waals surface area contributed by atoms with Crippen LogP contribution in [-0.2, 0) is 0 Å². The van der Waals surface area contributed by atoms with Gasteiger partial charge in [0.15, 0.2) is 18.3 Å². The molecule has 0 amide bonds. The van der Waals surface area contributed by atoms with E-state index in [1.165, 1.54) is 12.8 Å². The van der Waals surface area contributed by atoms with Crippen LogP contribution in [0.5, 0.6) is 11.5 Å². The number of aliphatic hydroxyl groups excluding tert-OH is 1. The first-order chi connectivity index (χ1) is 6.90. The zero-order valence-electron chi connectivity index (χ0n) is 7.98. The SMILES string of the molecule is OCOc1ccccc1OCC1CC1. The lowest BCUT2D eigenvalue weighted by atomic mass is 10.3. The van der Waals surface area contributed by atoms with Gasteiger partial charge in [-0.15, -0.1) is 0 Å². The molecule has 76 valence electrons. The predicted octanol–water partition coefficient (Wildman–Crippen LogP) is 1.80. The zero-order chi connectivity index (χ0) is 9.80. The molecule has 0 saturated heterocycles. The molecule has 0 bridgehead atoms. The molecule has 1 N–H and O–H groups in total. The Morgan fingerprint density at radius 3 is 2.36 bits per heavy atom. The summed E-state index contributed by atoms with van der Waals surface area (Å²) in [4.78, 5) is 0. The third kappa shape index (κ3) is 2.39. The fourth-order valence-electron chi connectivity index (χ4n) is 1.25. The standard InChI is InChI=1S/C11H14O3/c12-8-14-11-4-2-1-3-10(11)13-7-9-5-6-9/h1-4,9,12H,5-8H2. The highest BCUT2D eigenvalue weighted by molar-refractivity contribution is 5.39. The highest BCUT2D eigenvalue weighted by atomic mass is 16.6. The molecule has 3 heteroatoms. The van der Waals surface area contributed by atoms with Crippen molar-refractivity contribution in [3.8, 4) is 11.5 Å². The maximum absolute atomic E-state index is 8.66. The van der Waals surface area contributed by atoms with E-state index in [-0.39, 0.29) is 6.79 Å². The Hall–Kier alpha value is -1.22. The van der Waals surface area contributed by atoms with Crippen molar-refractivity contribution in [2.75, 3.05) is 13.4 Å². The van der Waals surface area contributed by atoms with Crippen LogP contribution in [0.4, 0.5) is 0 Å². The number of benzene rings is 1. The van der Waals surface area contributed by atoms with Crippen LogP contribution in [0.25, 0.3) is 0 Å². The van der Waals surface area contributed by atoms with Crippen molar-refractivity contribution >= 4 is 0 Å². The molecule has 0 atom stereocenters. The molecule has 0 aliphatic heterocycles. The largest absolute Gasteiger partial charge is 0.489 e. The highest BCUT2D eigenvalue weighted by Crippen LogP contribution is 2.32. The van der Waals surface area contributed by atoms with E-state index < -0.39 is 0 Å². The number of hydrogen-bond acceptors (Lipinski definition) is 3. The topological polar surface area (TPSA) is 38.7 Å². The Balaban J connectivity index is 1.97. The van der Waals surface area contributed by atoms with Crippen LogP contribution < -0.4 is 9.47 Å². The van der Waals surface area contributed by atoms with Gasteiger partial charge in [-0.05, 0) is 30.9 Å². The summed E-state index contributed by atoms with van der Waals surface area (Å²) in [6, 6.07) is 7.40. The first-order valence-electron chi connectivity index (χ1n) is 4.85. The first-order valence-corrected chi connectivity index (χ1v) is 4.85. The van der Waals surface area contributed by atoms with Crippen LogP contribution in [0.3, 0.4) is 0 Å². The Morgan fingerprint density at radius 2 is 1.79 bits per heavy atom. The number of rotatable bonds is 5. The summed E-state index contributed by atoms with van der Waals surface area (Å²) in [6.45, 7) is 0.440. The van der Waals surface area contributed by atoms with Crippen molar-refractivity contribution < 1.29 is 14.6 Å². The van der Waals surface area contributed by atoms with Gasteiger partial charge in [0, 0.05) is 0 Å². The van der Waals surface area contributed by atoms with Crippen LogP contribution in [0.2, 0.25) is 0 Å². The van der Waals surface area contributed by atoms with E-state index in [1.54, 1.807) is 6.07 Å². The lowest BCUT2D eigenvalue weighted by Gasteiger charge is -2.10. The third-order valence-electron chi connectivity index (χ3n) is 2.24. The van der Waals surface area contributed by atoms with E-state index in [0.717, 1.165) is 12.5 Å². The Bertz CT molecular complexity index is 294. The maximum atomic E-state index is 8.66. The molecular weight excluding hydrogens is 180 g/mol. The third-order valence-corrected chi connectivity index (χ3v) is 2.24. The summed E-state index contributed by atoms with van der Waals surface area (Å²) in [5, 5.41) is 8.66. The van der Waals surface area contributed by atoms with Gasteiger partial charge in [0.05, 0.1) is 6.61 Å². The summed E-state index contributed by atoms with van der Waals surface area (Å²) in [6.07, 6.45) is 2.53. The first kappa shape index (κ1) is 9.34. The number of aliphatic hydroxyl groups is 1. The Labute approximate surface area is 83.3 Å². The van der Waals surface area contributed by atoms with Crippen LogP contribution in [0.15, 0.2) is 24.3 Å². The van der Waals surface area contributed by atoms with Gasteiger partial charge in [0.2, 0.25) is 0 Å². The van der Waals surface area contributed by atoms with Crippen molar-refractivity contribution in [1.29, 1.82) is 0 Å². The summed E-state index contributed by atoms with van der Waals surface area (Å²) < 4.78 is 10.6. The predicted molar refractivity (Wildman–Crippen MR) is 52.4 cm³/mol. The average Bonchev–Trinajstić information content (AvgIpc) is 3.01. The van der Waals surface area contributed by atoms with E-state index in [9.17, 15) is 0 Å². The number of ether oxygens (including phenoxy) is 2. The molecule has 0 aromatic heterocycles. The zero-order valence-corrected chi connectivity index (χ0v) is 7.98. The lowest BCUT2D eigenvalue weighted by Crippen LogP contribution is -2.02. The van der Waals surface area contributed by atoms with Gasteiger partial charge in [-0.3, -0.25) is 0 Å².